The van der Waals surface area contributed by atoms with Crippen molar-refractivity contribution in [3.05, 3.63) is 54.2 Å². The van der Waals surface area contributed by atoms with Crippen LogP contribution < -0.4 is 0 Å². The molecular formula is C18H16FNO3. The van der Waals surface area contributed by atoms with Crippen LogP contribution in [0.3, 0.4) is 0 Å². The number of aromatic hydroxyl groups is 2. The van der Waals surface area contributed by atoms with Crippen molar-refractivity contribution in [2.24, 2.45) is 0 Å². The second-order valence-corrected chi connectivity index (χ2v) is 5.62. The number of benzene rings is 2. The molecule has 118 valence electrons. The van der Waals surface area contributed by atoms with Gasteiger partial charge in [-0.05, 0) is 41.8 Å². The molecule has 23 heavy (non-hydrogen) atoms. The highest BCUT2D eigenvalue weighted by Gasteiger charge is 2.19. The Morgan fingerprint density at radius 3 is 2.39 bits per heavy atom. The first-order chi connectivity index (χ1) is 11.0. The highest BCUT2D eigenvalue weighted by Crippen LogP contribution is 2.40. The van der Waals surface area contributed by atoms with Crippen LogP contribution in [0.4, 0.5) is 4.39 Å². The molecule has 2 aromatic carbocycles. The zero-order valence-electron chi connectivity index (χ0n) is 12.7. The third-order valence-electron chi connectivity index (χ3n) is 3.70. The van der Waals surface area contributed by atoms with Crippen molar-refractivity contribution in [3.8, 4) is 34.1 Å². The number of aromatic nitrogens is 1. The molecule has 0 saturated heterocycles. The van der Waals surface area contributed by atoms with Gasteiger partial charge in [-0.2, -0.15) is 0 Å². The minimum Gasteiger partial charge on any atom is -0.508 e. The average Bonchev–Trinajstić information content (AvgIpc) is 2.97. The van der Waals surface area contributed by atoms with Gasteiger partial charge in [0.1, 0.15) is 23.0 Å². The average molecular weight is 313 g/mol. The van der Waals surface area contributed by atoms with E-state index < -0.39 is 0 Å². The van der Waals surface area contributed by atoms with E-state index in [2.05, 4.69) is 4.98 Å². The molecule has 2 N–H and O–H groups in total. The third-order valence-corrected chi connectivity index (χ3v) is 3.70. The Morgan fingerprint density at radius 2 is 1.74 bits per heavy atom. The second-order valence-electron chi connectivity index (χ2n) is 5.62. The SMILES string of the molecule is CC(C)c1cc(-c2ncoc2-c2ccc(F)cc2)c(O)cc1O. The zero-order chi connectivity index (χ0) is 16.6. The van der Waals surface area contributed by atoms with Gasteiger partial charge < -0.3 is 14.6 Å². The first-order valence-corrected chi connectivity index (χ1v) is 7.23. The summed E-state index contributed by atoms with van der Waals surface area (Å²) < 4.78 is 18.5. The maximum Gasteiger partial charge on any atom is 0.182 e. The molecule has 4 nitrogen and oxygen atoms in total. The second kappa shape index (κ2) is 5.76. The molecular weight excluding hydrogens is 297 g/mol. The van der Waals surface area contributed by atoms with E-state index in [0.717, 1.165) is 0 Å². The Labute approximate surface area is 132 Å². The summed E-state index contributed by atoms with van der Waals surface area (Å²) in [7, 11) is 0. The van der Waals surface area contributed by atoms with E-state index in [4.69, 9.17) is 4.42 Å². The number of halogens is 1. The number of phenolic OH excluding ortho intramolecular Hbond substituents is 2. The van der Waals surface area contributed by atoms with Crippen molar-refractivity contribution in [2.75, 3.05) is 0 Å². The molecule has 0 saturated carbocycles. The zero-order valence-corrected chi connectivity index (χ0v) is 12.7. The number of oxazole rings is 1. The number of rotatable bonds is 3. The summed E-state index contributed by atoms with van der Waals surface area (Å²) in [5.74, 6) is 0.109. The molecule has 0 spiro atoms. The Morgan fingerprint density at radius 1 is 1.04 bits per heavy atom. The van der Waals surface area contributed by atoms with Gasteiger partial charge >= 0.3 is 0 Å². The van der Waals surface area contributed by atoms with Crippen molar-refractivity contribution >= 4 is 0 Å². The predicted molar refractivity (Wildman–Crippen MR) is 84.8 cm³/mol. The van der Waals surface area contributed by atoms with E-state index in [1.807, 2.05) is 13.8 Å². The van der Waals surface area contributed by atoms with E-state index >= 15 is 0 Å². The number of hydrogen-bond donors (Lipinski definition) is 2. The molecule has 0 aliphatic rings. The third kappa shape index (κ3) is 2.77. The first kappa shape index (κ1) is 15.1. The standard InChI is InChI=1S/C18H16FNO3/c1-10(2)13-7-14(16(22)8-15(13)21)17-18(23-9-20-17)11-3-5-12(19)6-4-11/h3-10,21-22H,1-2H3. The van der Waals surface area contributed by atoms with Crippen molar-refractivity contribution in [1.29, 1.82) is 0 Å². The summed E-state index contributed by atoms with van der Waals surface area (Å²) >= 11 is 0. The van der Waals surface area contributed by atoms with Crippen molar-refractivity contribution in [3.63, 3.8) is 0 Å². The van der Waals surface area contributed by atoms with E-state index in [1.54, 1.807) is 18.2 Å². The van der Waals surface area contributed by atoms with Gasteiger partial charge in [0.15, 0.2) is 12.2 Å². The molecule has 1 aromatic heterocycles. The molecule has 3 aromatic rings. The fourth-order valence-corrected chi connectivity index (χ4v) is 2.49. The monoisotopic (exact) mass is 313 g/mol. The molecule has 1 heterocycles. The molecule has 0 aliphatic carbocycles. The van der Waals surface area contributed by atoms with Gasteiger partial charge in [-0.3, -0.25) is 0 Å². The largest absolute Gasteiger partial charge is 0.508 e. The lowest BCUT2D eigenvalue weighted by atomic mass is 9.96. The van der Waals surface area contributed by atoms with Gasteiger partial charge in [0.25, 0.3) is 0 Å². The number of hydrogen-bond acceptors (Lipinski definition) is 4. The van der Waals surface area contributed by atoms with Crippen LogP contribution in [-0.2, 0) is 0 Å². The van der Waals surface area contributed by atoms with Gasteiger partial charge in [0, 0.05) is 17.2 Å². The van der Waals surface area contributed by atoms with Crippen LogP contribution in [0.5, 0.6) is 11.5 Å². The van der Waals surface area contributed by atoms with Crippen LogP contribution in [0.1, 0.15) is 25.3 Å². The lowest BCUT2D eigenvalue weighted by molar-refractivity contribution is 0.445. The summed E-state index contributed by atoms with van der Waals surface area (Å²) in [5, 5.41) is 20.1. The molecule has 0 atom stereocenters. The molecule has 0 unspecified atom stereocenters. The molecule has 0 bridgehead atoms. The topological polar surface area (TPSA) is 66.5 Å². The van der Waals surface area contributed by atoms with Gasteiger partial charge in [-0.25, -0.2) is 9.37 Å². The molecule has 0 fully saturated rings. The van der Waals surface area contributed by atoms with Crippen LogP contribution >= 0.6 is 0 Å². The minimum absolute atomic E-state index is 0.0353. The van der Waals surface area contributed by atoms with E-state index in [-0.39, 0.29) is 23.2 Å². The minimum atomic E-state index is -0.343. The van der Waals surface area contributed by atoms with Crippen LogP contribution in [0.15, 0.2) is 47.2 Å². The maximum atomic E-state index is 13.1. The molecule has 3 rings (SSSR count). The molecule has 0 aliphatic heterocycles. The highest BCUT2D eigenvalue weighted by atomic mass is 19.1. The lowest BCUT2D eigenvalue weighted by Crippen LogP contribution is -1.91. The molecule has 0 amide bonds. The van der Waals surface area contributed by atoms with E-state index in [9.17, 15) is 14.6 Å². The predicted octanol–water partition coefficient (Wildman–Crippen LogP) is 4.68. The van der Waals surface area contributed by atoms with Crippen LogP contribution in [0.2, 0.25) is 0 Å². The Bertz CT molecular complexity index is 838. The summed E-state index contributed by atoms with van der Waals surface area (Å²) in [6.45, 7) is 3.89. The number of phenols is 2. The fraction of sp³-hybridized carbons (Fsp3) is 0.167. The molecule has 5 heteroatoms. The van der Waals surface area contributed by atoms with Gasteiger partial charge in [0.2, 0.25) is 0 Å². The van der Waals surface area contributed by atoms with Crippen molar-refractivity contribution < 1.29 is 19.0 Å². The summed E-state index contributed by atoms with van der Waals surface area (Å²) in [6.07, 6.45) is 1.27. The van der Waals surface area contributed by atoms with Crippen molar-refractivity contribution in [2.45, 2.75) is 19.8 Å². The van der Waals surface area contributed by atoms with Crippen molar-refractivity contribution in [1.82, 2.24) is 4.98 Å². The summed E-state index contributed by atoms with van der Waals surface area (Å²) in [6, 6.07) is 8.82. The van der Waals surface area contributed by atoms with E-state index in [0.29, 0.717) is 28.1 Å². The first-order valence-electron chi connectivity index (χ1n) is 7.23. The maximum absolute atomic E-state index is 13.1. The van der Waals surface area contributed by atoms with Gasteiger partial charge in [0.05, 0.1) is 0 Å². The lowest BCUT2D eigenvalue weighted by Gasteiger charge is -2.12. The number of nitrogens with zero attached hydrogens (tertiary/aromatic N) is 1. The Hall–Kier alpha value is -2.82. The molecule has 0 radical (unpaired) electrons. The van der Waals surface area contributed by atoms with Crippen LogP contribution in [0, 0.1) is 5.82 Å². The van der Waals surface area contributed by atoms with Gasteiger partial charge in [-0.1, -0.05) is 13.8 Å². The quantitative estimate of drug-likeness (QED) is 0.736. The van der Waals surface area contributed by atoms with Gasteiger partial charge in [-0.15, -0.1) is 0 Å². The Kier molecular flexibility index (Phi) is 3.78. The fourth-order valence-electron chi connectivity index (χ4n) is 2.49. The summed E-state index contributed by atoms with van der Waals surface area (Å²) in [5.41, 5.74) is 2.25. The van der Waals surface area contributed by atoms with E-state index in [1.165, 1.54) is 24.6 Å². The smallest absolute Gasteiger partial charge is 0.182 e. The van der Waals surface area contributed by atoms with Crippen LogP contribution in [-0.4, -0.2) is 15.2 Å². The summed E-state index contributed by atoms with van der Waals surface area (Å²) in [4.78, 5) is 4.17. The Balaban J connectivity index is 2.15. The van der Waals surface area contributed by atoms with Crippen LogP contribution in [0.25, 0.3) is 22.6 Å². The normalized spacial score (nSPS) is 11.1. The highest BCUT2D eigenvalue weighted by molar-refractivity contribution is 5.81.